The highest BCUT2D eigenvalue weighted by molar-refractivity contribution is 7.13. The van der Waals surface area contributed by atoms with Crippen LogP contribution in [0.2, 0.25) is 0 Å². The first kappa shape index (κ1) is 17.9. The van der Waals surface area contributed by atoms with Crippen molar-refractivity contribution in [2.24, 2.45) is 0 Å². The highest BCUT2D eigenvalue weighted by Crippen LogP contribution is 2.17. The first-order valence-corrected chi connectivity index (χ1v) is 9.65. The highest BCUT2D eigenvalue weighted by atomic mass is 32.1. The largest absolute Gasteiger partial charge is 0.345 e. The molecule has 1 aromatic rings. The van der Waals surface area contributed by atoms with Crippen LogP contribution in [0.5, 0.6) is 0 Å². The topological polar surface area (TPSA) is 71.1 Å². The fourth-order valence-corrected chi connectivity index (χ4v) is 3.52. The van der Waals surface area contributed by atoms with E-state index >= 15 is 0 Å². The molecule has 0 atom stereocenters. The molecule has 1 aromatic heterocycles. The molecule has 5 nitrogen and oxygen atoms in total. The summed E-state index contributed by atoms with van der Waals surface area (Å²) in [5, 5.41) is 7.67. The predicted molar refractivity (Wildman–Crippen MR) is 93.5 cm³/mol. The molecule has 0 radical (unpaired) electrons. The Bertz CT molecular complexity index is 464. The number of hydrogen-bond donors (Lipinski definition) is 2. The lowest BCUT2D eigenvalue weighted by Crippen LogP contribution is -2.41. The zero-order chi connectivity index (χ0) is 16.3. The number of rotatable bonds is 2. The van der Waals surface area contributed by atoms with E-state index in [4.69, 9.17) is 0 Å². The van der Waals surface area contributed by atoms with Gasteiger partial charge in [-0.25, -0.2) is 4.98 Å². The van der Waals surface area contributed by atoms with Crippen LogP contribution in [0.1, 0.15) is 70.6 Å². The summed E-state index contributed by atoms with van der Waals surface area (Å²) in [5.41, 5.74) is 0. The molecule has 0 spiro atoms. The molecule has 6 heteroatoms. The molecule has 128 valence electrons. The maximum absolute atomic E-state index is 12.1. The summed E-state index contributed by atoms with van der Waals surface area (Å²) in [6.45, 7) is 0. The minimum atomic E-state index is -0.619. The van der Waals surface area contributed by atoms with Crippen molar-refractivity contribution in [2.45, 2.75) is 76.7 Å². The van der Waals surface area contributed by atoms with Crippen LogP contribution in [0.3, 0.4) is 0 Å². The van der Waals surface area contributed by atoms with E-state index in [1.54, 1.807) is 11.6 Å². The van der Waals surface area contributed by atoms with Crippen LogP contribution >= 0.6 is 11.3 Å². The molecule has 1 saturated carbocycles. The van der Waals surface area contributed by atoms with Crippen molar-refractivity contribution in [3.05, 3.63) is 11.6 Å². The SMILES string of the molecule is O=C(Nc1nccs1)C(=O)NC1CCCCCCCCCCC1. The number of aromatic nitrogens is 1. The molecule has 0 unspecified atom stereocenters. The summed E-state index contributed by atoms with van der Waals surface area (Å²) in [4.78, 5) is 27.9. The minimum Gasteiger partial charge on any atom is -0.345 e. The summed E-state index contributed by atoms with van der Waals surface area (Å²) in [5.74, 6) is -1.16. The number of thiazole rings is 1. The Morgan fingerprint density at radius 3 is 2.00 bits per heavy atom. The second-order valence-electron chi connectivity index (χ2n) is 6.22. The molecule has 1 heterocycles. The maximum Gasteiger partial charge on any atom is 0.315 e. The quantitative estimate of drug-likeness (QED) is 0.805. The first-order valence-electron chi connectivity index (χ1n) is 8.77. The fourth-order valence-electron chi connectivity index (χ4n) is 3.00. The molecule has 2 N–H and O–H groups in total. The van der Waals surface area contributed by atoms with E-state index in [0.717, 1.165) is 25.7 Å². The van der Waals surface area contributed by atoms with Crippen LogP contribution in [0, 0.1) is 0 Å². The standard InChI is InChI=1S/C17H27N3O2S/c21-15(16(22)20-17-18-12-13-23-17)19-14-10-8-6-4-2-1-3-5-7-9-11-14/h12-14H,1-11H2,(H,19,21)(H,18,20,22). The van der Waals surface area contributed by atoms with E-state index in [1.807, 2.05) is 0 Å². The van der Waals surface area contributed by atoms with Gasteiger partial charge in [-0.1, -0.05) is 57.8 Å². The molecule has 2 rings (SSSR count). The highest BCUT2D eigenvalue weighted by Gasteiger charge is 2.19. The monoisotopic (exact) mass is 337 g/mol. The van der Waals surface area contributed by atoms with E-state index < -0.39 is 11.8 Å². The third kappa shape index (κ3) is 7.12. The molecule has 1 fully saturated rings. The molecule has 0 aromatic carbocycles. The van der Waals surface area contributed by atoms with Gasteiger partial charge in [0, 0.05) is 17.6 Å². The number of nitrogens with zero attached hydrogens (tertiary/aromatic N) is 1. The Morgan fingerprint density at radius 1 is 0.913 bits per heavy atom. The number of amides is 2. The van der Waals surface area contributed by atoms with E-state index in [2.05, 4.69) is 15.6 Å². The Labute approximate surface area is 142 Å². The summed E-state index contributed by atoms with van der Waals surface area (Å²) in [6, 6.07) is 0.115. The van der Waals surface area contributed by atoms with Gasteiger partial charge in [-0.3, -0.25) is 14.9 Å². The van der Waals surface area contributed by atoms with Crippen LogP contribution in [0.4, 0.5) is 5.13 Å². The van der Waals surface area contributed by atoms with Gasteiger partial charge in [-0.2, -0.15) is 0 Å². The van der Waals surface area contributed by atoms with Crippen LogP contribution in [-0.2, 0) is 9.59 Å². The van der Waals surface area contributed by atoms with E-state index in [0.29, 0.717) is 5.13 Å². The minimum absolute atomic E-state index is 0.115. The van der Waals surface area contributed by atoms with Gasteiger partial charge < -0.3 is 5.32 Å². The van der Waals surface area contributed by atoms with Crippen molar-refractivity contribution in [2.75, 3.05) is 5.32 Å². The van der Waals surface area contributed by atoms with E-state index in [-0.39, 0.29) is 6.04 Å². The van der Waals surface area contributed by atoms with Crippen molar-refractivity contribution in [1.29, 1.82) is 0 Å². The van der Waals surface area contributed by atoms with E-state index in [1.165, 1.54) is 56.3 Å². The molecule has 0 bridgehead atoms. The average molecular weight is 337 g/mol. The first-order chi connectivity index (χ1) is 11.3. The van der Waals surface area contributed by atoms with Crippen molar-refractivity contribution in [1.82, 2.24) is 10.3 Å². The molecule has 1 aliphatic carbocycles. The van der Waals surface area contributed by atoms with Gasteiger partial charge in [-0.15, -0.1) is 11.3 Å². The van der Waals surface area contributed by atoms with Gasteiger partial charge in [0.25, 0.3) is 0 Å². The van der Waals surface area contributed by atoms with Gasteiger partial charge in [0.2, 0.25) is 0 Å². The van der Waals surface area contributed by atoms with Crippen LogP contribution in [0.15, 0.2) is 11.6 Å². The molecule has 2 amide bonds. The van der Waals surface area contributed by atoms with Crippen LogP contribution < -0.4 is 10.6 Å². The maximum atomic E-state index is 12.1. The molecular formula is C17H27N3O2S. The summed E-state index contributed by atoms with van der Waals surface area (Å²) in [7, 11) is 0. The summed E-state index contributed by atoms with van der Waals surface area (Å²) >= 11 is 1.31. The number of carbonyl (C=O) groups excluding carboxylic acids is 2. The van der Waals surface area contributed by atoms with Crippen LogP contribution in [0.25, 0.3) is 0 Å². The number of hydrogen-bond acceptors (Lipinski definition) is 4. The molecular weight excluding hydrogens is 310 g/mol. The Kier molecular flexibility index (Phi) is 8.07. The Balaban J connectivity index is 1.79. The van der Waals surface area contributed by atoms with Gasteiger partial charge in [0.1, 0.15) is 0 Å². The average Bonchev–Trinajstić information content (AvgIpc) is 3.02. The molecule has 0 aliphatic heterocycles. The van der Waals surface area contributed by atoms with Crippen molar-refractivity contribution in [3.63, 3.8) is 0 Å². The van der Waals surface area contributed by atoms with Gasteiger partial charge >= 0.3 is 11.8 Å². The smallest absolute Gasteiger partial charge is 0.315 e. The van der Waals surface area contributed by atoms with Crippen molar-refractivity contribution in [3.8, 4) is 0 Å². The normalized spacial score (nSPS) is 18.4. The van der Waals surface area contributed by atoms with Crippen molar-refractivity contribution >= 4 is 28.3 Å². The Hall–Kier alpha value is -1.43. The molecule has 23 heavy (non-hydrogen) atoms. The number of carbonyl (C=O) groups is 2. The molecule has 0 saturated heterocycles. The number of nitrogens with one attached hydrogen (secondary N) is 2. The van der Waals surface area contributed by atoms with Crippen LogP contribution in [-0.4, -0.2) is 22.8 Å². The summed E-state index contributed by atoms with van der Waals surface area (Å²) in [6.07, 6.45) is 14.8. The number of anilines is 1. The van der Waals surface area contributed by atoms with Crippen molar-refractivity contribution < 1.29 is 9.59 Å². The summed E-state index contributed by atoms with van der Waals surface area (Å²) < 4.78 is 0. The Morgan fingerprint density at radius 2 is 1.48 bits per heavy atom. The zero-order valence-corrected chi connectivity index (χ0v) is 14.5. The second kappa shape index (κ2) is 10.4. The second-order valence-corrected chi connectivity index (χ2v) is 7.12. The van der Waals surface area contributed by atoms with Gasteiger partial charge in [0.15, 0.2) is 5.13 Å². The van der Waals surface area contributed by atoms with E-state index in [9.17, 15) is 9.59 Å². The third-order valence-corrected chi connectivity index (χ3v) is 4.99. The molecule has 1 aliphatic rings. The predicted octanol–water partition coefficient (Wildman–Crippen LogP) is 3.87. The van der Waals surface area contributed by atoms with Gasteiger partial charge in [0.05, 0.1) is 0 Å². The zero-order valence-electron chi connectivity index (χ0n) is 13.7. The lowest BCUT2D eigenvalue weighted by atomic mass is 9.98. The third-order valence-electron chi connectivity index (χ3n) is 4.30. The fraction of sp³-hybridized carbons (Fsp3) is 0.706. The lowest BCUT2D eigenvalue weighted by Gasteiger charge is -2.19. The lowest BCUT2D eigenvalue weighted by molar-refractivity contribution is -0.136. The van der Waals surface area contributed by atoms with Gasteiger partial charge in [-0.05, 0) is 12.8 Å².